The summed E-state index contributed by atoms with van der Waals surface area (Å²) in [6.07, 6.45) is 0.734. The van der Waals surface area contributed by atoms with Crippen LogP contribution in [0.15, 0.2) is 54.6 Å². The molecular weight excluding hydrogens is 434 g/mol. The standard InChI is InChI=1S/C26H31N3O3S/c1-2-29-23-11-7-6-10-22(23)25(26(29)20-8-4-3-5-9-20)24(30)18-27-13-15-28(16-14-27)21-12-17-33(31,32)19-21/h3-11,21H,2,12-19H2,1H3. The summed E-state index contributed by atoms with van der Waals surface area (Å²) in [6, 6.07) is 18.5. The number of carbonyl (C=O) groups excluding carboxylic acids is 1. The number of Topliss-reactive ketones (excluding diaryl/α,β-unsaturated/α-hetero) is 1. The molecule has 1 aromatic heterocycles. The third-order valence-electron chi connectivity index (χ3n) is 7.11. The number of fused-ring (bicyclic) bond motifs is 1. The van der Waals surface area contributed by atoms with E-state index in [9.17, 15) is 13.2 Å². The summed E-state index contributed by atoms with van der Waals surface area (Å²) in [7, 11) is -2.88. The maximum atomic E-state index is 13.7. The molecule has 7 heteroatoms. The van der Waals surface area contributed by atoms with Gasteiger partial charge in [0.1, 0.15) is 0 Å². The first kappa shape index (κ1) is 22.3. The number of aromatic nitrogens is 1. The van der Waals surface area contributed by atoms with Crippen molar-refractivity contribution in [3.05, 3.63) is 60.2 Å². The number of piperazine rings is 1. The van der Waals surface area contributed by atoms with Crippen molar-refractivity contribution in [2.24, 2.45) is 0 Å². The van der Waals surface area contributed by atoms with E-state index in [1.807, 2.05) is 30.3 Å². The van der Waals surface area contributed by atoms with Crippen LogP contribution >= 0.6 is 0 Å². The number of benzene rings is 2. The second-order valence-electron chi connectivity index (χ2n) is 9.14. The molecule has 0 amide bonds. The van der Waals surface area contributed by atoms with Crippen molar-refractivity contribution in [1.82, 2.24) is 14.4 Å². The average Bonchev–Trinajstić information content (AvgIpc) is 3.37. The lowest BCUT2D eigenvalue weighted by Crippen LogP contribution is -2.51. The number of rotatable bonds is 6. The molecule has 33 heavy (non-hydrogen) atoms. The summed E-state index contributed by atoms with van der Waals surface area (Å²) in [4.78, 5) is 18.2. The van der Waals surface area contributed by atoms with Gasteiger partial charge in [0, 0.05) is 49.7 Å². The number of ketones is 1. The van der Waals surface area contributed by atoms with Gasteiger partial charge in [-0.25, -0.2) is 8.42 Å². The second kappa shape index (κ2) is 9.05. The molecule has 0 N–H and O–H groups in total. The van der Waals surface area contributed by atoms with Crippen LogP contribution in [0, 0.1) is 0 Å². The number of carbonyl (C=O) groups is 1. The zero-order chi connectivity index (χ0) is 23.0. The lowest BCUT2D eigenvalue weighted by Gasteiger charge is -2.37. The van der Waals surface area contributed by atoms with Gasteiger partial charge in [-0.1, -0.05) is 48.5 Å². The van der Waals surface area contributed by atoms with Gasteiger partial charge in [-0.3, -0.25) is 14.6 Å². The van der Waals surface area contributed by atoms with Crippen LogP contribution in [-0.2, 0) is 16.4 Å². The minimum absolute atomic E-state index is 0.139. The number of nitrogens with zero attached hydrogens (tertiary/aromatic N) is 3. The van der Waals surface area contributed by atoms with Crippen LogP contribution < -0.4 is 0 Å². The van der Waals surface area contributed by atoms with Gasteiger partial charge < -0.3 is 4.57 Å². The van der Waals surface area contributed by atoms with Gasteiger partial charge in [0.2, 0.25) is 0 Å². The fourth-order valence-corrected chi connectivity index (χ4v) is 7.20. The molecule has 1 unspecified atom stereocenters. The number of para-hydroxylation sites is 1. The predicted octanol–water partition coefficient (Wildman–Crippen LogP) is 3.32. The Hall–Kier alpha value is -2.48. The summed E-state index contributed by atoms with van der Waals surface area (Å²) in [5.41, 5.74) is 3.96. The van der Waals surface area contributed by atoms with Gasteiger partial charge in [-0.05, 0) is 25.0 Å². The van der Waals surface area contributed by atoms with E-state index >= 15 is 0 Å². The SMILES string of the molecule is CCn1c(-c2ccccc2)c(C(=O)CN2CCN(C3CCS(=O)(=O)C3)CC2)c2ccccc21. The van der Waals surface area contributed by atoms with Crippen molar-refractivity contribution in [1.29, 1.82) is 0 Å². The van der Waals surface area contributed by atoms with Crippen molar-refractivity contribution in [3.8, 4) is 11.3 Å². The average molecular weight is 466 g/mol. The molecule has 2 fully saturated rings. The fourth-order valence-electron chi connectivity index (χ4n) is 5.44. The molecule has 174 valence electrons. The second-order valence-corrected chi connectivity index (χ2v) is 11.4. The molecule has 0 aliphatic carbocycles. The minimum atomic E-state index is -2.88. The van der Waals surface area contributed by atoms with E-state index in [0.29, 0.717) is 12.3 Å². The Morgan fingerprint density at radius 2 is 1.67 bits per heavy atom. The Morgan fingerprint density at radius 1 is 0.970 bits per heavy atom. The van der Waals surface area contributed by atoms with E-state index in [4.69, 9.17) is 0 Å². The molecule has 2 aliphatic rings. The summed E-state index contributed by atoms with van der Waals surface area (Å²) in [5, 5.41) is 1.01. The van der Waals surface area contributed by atoms with Gasteiger partial charge in [0.05, 0.1) is 29.3 Å². The molecule has 2 aliphatic heterocycles. The molecule has 3 aromatic rings. The third-order valence-corrected chi connectivity index (χ3v) is 8.86. The highest BCUT2D eigenvalue weighted by Gasteiger charge is 2.34. The molecule has 0 saturated carbocycles. The highest BCUT2D eigenvalue weighted by molar-refractivity contribution is 7.91. The lowest BCUT2D eigenvalue weighted by molar-refractivity contribution is 0.0798. The topological polar surface area (TPSA) is 62.6 Å². The van der Waals surface area contributed by atoms with E-state index in [1.54, 1.807) is 0 Å². The van der Waals surface area contributed by atoms with Crippen LogP contribution in [0.4, 0.5) is 0 Å². The van der Waals surface area contributed by atoms with E-state index < -0.39 is 9.84 Å². The smallest absolute Gasteiger partial charge is 0.179 e. The first-order valence-corrected chi connectivity index (χ1v) is 13.7. The molecular formula is C26H31N3O3S. The van der Waals surface area contributed by atoms with Crippen molar-refractivity contribution >= 4 is 26.5 Å². The molecule has 6 nitrogen and oxygen atoms in total. The summed E-state index contributed by atoms with van der Waals surface area (Å²) in [5.74, 6) is 0.734. The van der Waals surface area contributed by atoms with Crippen LogP contribution in [-0.4, -0.2) is 78.8 Å². The van der Waals surface area contributed by atoms with Crippen molar-refractivity contribution in [2.45, 2.75) is 25.9 Å². The minimum Gasteiger partial charge on any atom is -0.340 e. The van der Waals surface area contributed by atoms with E-state index in [-0.39, 0.29) is 17.6 Å². The van der Waals surface area contributed by atoms with Crippen molar-refractivity contribution in [3.63, 3.8) is 0 Å². The molecule has 5 rings (SSSR count). The molecule has 0 spiro atoms. The fraction of sp³-hybridized carbons (Fsp3) is 0.423. The van der Waals surface area contributed by atoms with E-state index in [2.05, 4.69) is 45.6 Å². The zero-order valence-electron chi connectivity index (χ0n) is 19.1. The predicted molar refractivity (Wildman–Crippen MR) is 132 cm³/mol. The van der Waals surface area contributed by atoms with Gasteiger partial charge >= 0.3 is 0 Å². The third kappa shape index (κ3) is 4.37. The highest BCUT2D eigenvalue weighted by atomic mass is 32.2. The molecule has 2 saturated heterocycles. The molecule has 3 heterocycles. The Kier molecular flexibility index (Phi) is 6.12. The Balaban J connectivity index is 1.38. The Labute approximate surface area is 195 Å². The summed E-state index contributed by atoms with van der Waals surface area (Å²) < 4.78 is 25.9. The normalized spacial score (nSPS) is 21.5. The van der Waals surface area contributed by atoms with Crippen LogP contribution in [0.3, 0.4) is 0 Å². The van der Waals surface area contributed by atoms with Gasteiger partial charge in [-0.2, -0.15) is 0 Å². The largest absolute Gasteiger partial charge is 0.340 e. The monoisotopic (exact) mass is 465 g/mol. The van der Waals surface area contributed by atoms with Crippen LogP contribution in [0.2, 0.25) is 0 Å². The molecule has 0 bridgehead atoms. The lowest BCUT2D eigenvalue weighted by atomic mass is 10.0. The quantitative estimate of drug-likeness (QED) is 0.523. The molecule has 1 atom stereocenters. The maximum absolute atomic E-state index is 13.7. The Bertz CT molecular complexity index is 1260. The van der Waals surface area contributed by atoms with Crippen molar-refractivity contribution < 1.29 is 13.2 Å². The zero-order valence-corrected chi connectivity index (χ0v) is 19.9. The number of hydrogen-bond acceptors (Lipinski definition) is 5. The number of hydrogen-bond donors (Lipinski definition) is 0. The summed E-state index contributed by atoms with van der Waals surface area (Å²) in [6.45, 7) is 6.50. The summed E-state index contributed by atoms with van der Waals surface area (Å²) >= 11 is 0. The first-order valence-electron chi connectivity index (χ1n) is 11.8. The van der Waals surface area contributed by atoms with E-state index in [1.165, 1.54) is 0 Å². The van der Waals surface area contributed by atoms with Gasteiger partial charge in [-0.15, -0.1) is 0 Å². The number of aryl methyl sites for hydroxylation is 1. The molecule has 2 aromatic carbocycles. The van der Waals surface area contributed by atoms with Crippen LogP contribution in [0.25, 0.3) is 22.2 Å². The van der Waals surface area contributed by atoms with Crippen LogP contribution in [0.1, 0.15) is 23.7 Å². The van der Waals surface area contributed by atoms with E-state index in [0.717, 1.165) is 66.9 Å². The Morgan fingerprint density at radius 3 is 2.33 bits per heavy atom. The first-order chi connectivity index (χ1) is 16.0. The van der Waals surface area contributed by atoms with Gasteiger partial charge in [0.25, 0.3) is 0 Å². The highest BCUT2D eigenvalue weighted by Crippen LogP contribution is 2.34. The van der Waals surface area contributed by atoms with Crippen molar-refractivity contribution in [2.75, 3.05) is 44.2 Å². The molecule has 0 radical (unpaired) electrons. The van der Waals surface area contributed by atoms with Crippen LogP contribution in [0.5, 0.6) is 0 Å². The number of sulfone groups is 1. The maximum Gasteiger partial charge on any atom is 0.179 e. The van der Waals surface area contributed by atoms with Gasteiger partial charge in [0.15, 0.2) is 15.6 Å².